The number of fused-ring (bicyclic) bond motifs is 1. The summed E-state index contributed by atoms with van der Waals surface area (Å²) in [6.07, 6.45) is -0.520. The van der Waals surface area contributed by atoms with Crippen molar-refractivity contribution in [2.24, 2.45) is 0 Å². The molecule has 1 aromatic rings. The Kier molecular flexibility index (Phi) is 2.89. The molecule has 0 radical (unpaired) electrons. The minimum Gasteiger partial charge on any atom is -0.486 e. The summed E-state index contributed by atoms with van der Waals surface area (Å²) in [7, 11) is 0. The topological polar surface area (TPSA) is 38.7 Å². The van der Waals surface area contributed by atoms with E-state index in [0.29, 0.717) is 13.2 Å². The first-order valence-electron chi connectivity index (χ1n) is 4.88. The third kappa shape index (κ3) is 1.84. The van der Waals surface area contributed by atoms with Crippen LogP contribution in [0.4, 0.5) is 0 Å². The van der Waals surface area contributed by atoms with Crippen LogP contribution in [0.5, 0.6) is 11.5 Å². The maximum absolute atomic E-state index is 9.60. The molecule has 1 N–H and O–H groups in total. The number of hydrogen-bond acceptors (Lipinski definition) is 3. The third-order valence-corrected chi connectivity index (χ3v) is 3.52. The van der Waals surface area contributed by atoms with E-state index in [4.69, 9.17) is 9.47 Å². The largest absolute Gasteiger partial charge is 0.486 e. The van der Waals surface area contributed by atoms with Crippen molar-refractivity contribution in [3.63, 3.8) is 0 Å². The van der Waals surface area contributed by atoms with Crippen LogP contribution >= 0.6 is 15.9 Å². The van der Waals surface area contributed by atoms with Gasteiger partial charge in [0, 0.05) is 10.0 Å². The van der Waals surface area contributed by atoms with Crippen LogP contribution in [-0.4, -0.2) is 18.3 Å². The quantitative estimate of drug-likeness (QED) is 0.854. The Bertz CT molecular complexity index is 388. The van der Waals surface area contributed by atoms with Crippen LogP contribution in [0, 0.1) is 6.92 Å². The van der Waals surface area contributed by atoms with Crippen LogP contribution in [0.15, 0.2) is 10.5 Å². The molecule has 0 aliphatic carbocycles. The minimum atomic E-state index is -0.520. The van der Waals surface area contributed by atoms with Gasteiger partial charge in [-0.3, -0.25) is 0 Å². The molecule has 4 heteroatoms. The number of rotatable bonds is 1. The van der Waals surface area contributed by atoms with Crippen LogP contribution < -0.4 is 9.47 Å². The average molecular weight is 273 g/mol. The molecule has 0 saturated heterocycles. The fraction of sp³-hybridized carbons (Fsp3) is 0.455. The molecule has 0 fully saturated rings. The zero-order valence-electron chi connectivity index (χ0n) is 8.71. The zero-order valence-corrected chi connectivity index (χ0v) is 10.3. The van der Waals surface area contributed by atoms with Gasteiger partial charge in [0.25, 0.3) is 0 Å². The molecule has 3 nitrogen and oxygen atoms in total. The zero-order chi connectivity index (χ0) is 11.0. The number of halogens is 1. The van der Waals surface area contributed by atoms with Gasteiger partial charge < -0.3 is 14.6 Å². The minimum absolute atomic E-state index is 0.520. The molecule has 1 aromatic carbocycles. The lowest BCUT2D eigenvalue weighted by Gasteiger charge is -2.23. The molecule has 0 aromatic heterocycles. The van der Waals surface area contributed by atoms with Gasteiger partial charge in [-0.05, 0) is 41.4 Å². The predicted molar refractivity (Wildman–Crippen MR) is 60.5 cm³/mol. The van der Waals surface area contributed by atoms with Crippen molar-refractivity contribution < 1.29 is 14.6 Å². The Morgan fingerprint density at radius 3 is 2.73 bits per heavy atom. The van der Waals surface area contributed by atoms with E-state index < -0.39 is 6.10 Å². The third-order valence-electron chi connectivity index (χ3n) is 2.47. The fourth-order valence-corrected chi connectivity index (χ4v) is 2.28. The van der Waals surface area contributed by atoms with E-state index in [0.717, 1.165) is 27.1 Å². The number of benzene rings is 1. The van der Waals surface area contributed by atoms with Crippen molar-refractivity contribution in [2.75, 3.05) is 13.2 Å². The van der Waals surface area contributed by atoms with Crippen molar-refractivity contribution in [3.05, 3.63) is 21.7 Å². The van der Waals surface area contributed by atoms with Crippen molar-refractivity contribution in [1.82, 2.24) is 0 Å². The van der Waals surface area contributed by atoms with Gasteiger partial charge in [0.2, 0.25) is 0 Å². The van der Waals surface area contributed by atoms with Crippen LogP contribution in [0.25, 0.3) is 0 Å². The van der Waals surface area contributed by atoms with Crippen molar-refractivity contribution in [1.29, 1.82) is 0 Å². The molecule has 1 aliphatic heterocycles. The van der Waals surface area contributed by atoms with Crippen molar-refractivity contribution in [2.45, 2.75) is 20.0 Å². The molecular weight excluding hydrogens is 260 g/mol. The lowest BCUT2D eigenvalue weighted by molar-refractivity contribution is 0.167. The summed E-state index contributed by atoms with van der Waals surface area (Å²) in [5.41, 5.74) is 1.81. The Morgan fingerprint density at radius 1 is 1.40 bits per heavy atom. The van der Waals surface area contributed by atoms with Gasteiger partial charge in [0.05, 0.1) is 6.10 Å². The molecule has 0 spiro atoms. The van der Waals surface area contributed by atoms with Crippen molar-refractivity contribution >= 4 is 15.9 Å². The van der Waals surface area contributed by atoms with Crippen LogP contribution in [0.2, 0.25) is 0 Å². The smallest absolute Gasteiger partial charge is 0.165 e. The molecule has 1 heterocycles. The molecule has 0 amide bonds. The Hall–Kier alpha value is -0.740. The van der Waals surface area contributed by atoms with Crippen LogP contribution in [0.1, 0.15) is 24.2 Å². The summed E-state index contributed by atoms with van der Waals surface area (Å²) < 4.78 is 11.9. The molecule has 15 heavy (non-hydrogen) atoms. The highest BCUT2D eigenvalue weighted by molar-refractivity contribution is 9.10. The molecule has 0 bridgehead atoms. The molecule has 1 unspecified atom stereocenters. The second-order valence-corrected chi connectivity index (χ2v) is 4.40. The summed E-state index contributed by atoms with van der Waals surface area (Å²) in [5, 5.41) is 9.60. The normalized spacial score (nSPS) is 16.3. The predicted octanol–water partition coefficient (Wildman–Crippen LogP) is 2.58. The lowest BCUT2D eigenvalue weighted by Crippen LogP contribution is -2.17. The Balaban J connectivity index is 2.57. The summed E-state index contributed by atoms with van der Waals surface area (Å²) >= 11 is 3.46. The first-order chi connectivity index (χ1) is 7.11. The second kappa shape index (κ2) is 4.02. The van der Waals surface area contributed by atoms with Gasteiger partial charge in [0.15, 0.2) is 11.5 Å². The molecule has 1 atom stereocenters. The summed E-state index contributed by atoms with van der Waals surface area (Å²) in [5.74, 6) is 1.50. The molecule has 82 valence electrons. The van der Waals surface area contributed by atoms with E-state index in [1.54, 1.807) is 6.92 Å². The summed E-state index contributed by atoms with van der Waals surface area (Å²) in [4.78, 5) is 0. The van der Waals surface area contributed by atoms with E-state index in [1.165, 1.54) is 0 Å². The summed E-state index contributed by atoms with van der Waals surface area (Å²) in [6, 6.07) is 1.83. The standard InChI is InChI=1S/C11H13BrO3/c1-6-10(12)8(7(2)13)5-9-11(6)15-4-3-14-9/h5,7,13H,3-4H2,1-2H3. The van der Waals surface area contributed by atoms with Crippen molar-refractivity contribution in [3.8, 4) is 11.5 Å². The molecule has 0 saturated carbocycles. The average Bonchev–Trinajstić information content (AvgIpc) is 2.23. The maximum Gasteiger partial charge on any atom is 0.165 e. The molecular formula is C11H13BrO3. The number of ether oxygens (including phenoxy) is 2. The monoisotopic (exact) mass is 272 g/mol. The number of aliphatic hydroxyl groups excluding tert-OH is 1. The first-order valence-corrected chi connectivity index (χ1v) is 5.67. The highest BCUT2D eigenvalue weighted by Crippen LogP contribution is 2.41. The number of aliphatic hydroxyl groups is 1. The molecule has 2 rings (SSSR count). The van der Waals surface area contributed by atoms with E-state index in [1.807, 2.05) is 13.0 Å². The van der Waals surface area contributed by atoms with Gasteiger partial charge in [-0.15, -0.1) is 0 Å². The maximum atomic E-state index is 9.60. The van der Waals surface area contributed by atoms with Crippen LogP contribution in [0.3, 0.4) is 0 Å². The van der Waals surface area contributed by atoms with E-state index >= 15 is 0 Å². The fourth-order valence-electron chi connectivity index (χ4n) is 1.66. The lowest BCUT2D eigenvalue weighted by atomic mass is 10.1. The summed E-state index contributed by atoms with van der Waals surface area (Å²) in [6.45, 7) is 4.82. The highest BCUT2D eigenvalue weighted by Gasteiger charge is 2.20. The van der Waals surface area contributed by atoms with Gasteiger partial charge in [-0.1, -0.05) is 0 Å². The molecule has 1 aliphatic rings. The van der Waals surface area contributed by atoms with E-state index in [-0.39, 0.29) is 0 Å². The highest BCUT2D eigenvalue weighted by atomic mass is 79.9. The Morgan fingerprint density at radius 2 is 2.07 bits per heavy atom. The van der Waals surface area contributed by atoms with Crippen LogP contribution in [-0.2, 0) is 0 Å². The number of hydrogen-bond donors (Lipinski definition) is 1. The van der Waals surface area contributed by atoms with E-state index in [9.17, 15) is 5.11 Å². The second-order valence-electron chi connectivity index (χ2n) is 3.60. The van der Waals surface area contributed by atoms with Gasteiger partial charge in [0.1, 0.15) is 13.2 Å². The van der Waals surface area contributed by atoms with E-state index in [2.05, 4.69) is 15.9 Å². The van der Waals surface area contributed by atoms with Gasteiger partial charge in [-0.25, -0.2) is 0 Å². The SMILES string of the molecule is Cc1c(Br)c(C(C)O)cc2c1OCCO2. The Labute approximate surface area is 97.1 Å². The van der Waals surface area contributed by atoms with Gasteiger partial charge >= 0.3 is 0 Å². The van der Waals surface area contributed by atoms with Gasteiger partial charge in [-0.2, -0.15) is 0 Å². The first kappa shape index (κ1) is 10.8.